The Morgan fingerprint density at radius 3 is 2.14 bits per heavy atom. The molecule has 0 aromatic heterocycles. The van der Waals surface area contributed by atoms with Gasteiger partial charge in [-0.1, -0.05) is 0 Å². The Bertz CT molecular complexity index is 80.1. The molecule has 0 unspecified atom stereocenters. The van der Waals surface area contributed by atoms with E-state index in [4.69, 9.17) is 0 Å². The maximum Gasteiger partial charge on any atom is 0.0830 e. The number of nitrogens with zero attached hydrogens (tertiary/aromatic N) is 1. The van der Waals surface area contributed by atoms with E-state index < -0.39 is 0 Å². The van der Waals surface area contributed by atoms with Crippen molar-refractivity contribution >= 4 is 28.6 Å². The number of halogens is 1. The van der Waals surface area contributed by atoms with E-state index in [0.29, 0.717) is 0 Å². The summed E-state index contributed by atoms with van der Waals surface area (Å²) in [6.45, 7) is 0. The quantitative estimate of drug-likeness (QED) is 0.543. The van der Waals surface area contributed by atoms with Crippen LogP contribution in [0, 0.1) is 0 Å². The lowest BCUT2D eigenvalue weighted by Gasteiger charge is -1.82. The number of rotatable bonds is 0. The average Bonchev–Trinajstić information content (AvgIpc) is 2.14. The molecule has 0 aromatic rings. The molecule has 1 fully saturated rings. The van der Waals surface area contributed by atoms with E-state index >= 15 is 0 Å². The molecule has 1 aliphatic rings. The Balaban J connectivity index is 2.41. The highest BCUT2D eigenvalue weighted by molar-refractivity contribution is 14.1. The van der Waals surface area contributed by atoms with Gasteiger partial charge in [-0.15, -0.1) is 0 Å². The maximum atomic E-state index is 4.07. The lowest BCUT2D eigenvalue weighted by molar-refractivity contribution is 0.886. The summed E-state index contributed by atoms with van der Waals surface area (Å²) in [5, 5.41) is 0. The fourth-order valence-electron chi connectivity index (χ4n) is 0.868. The minimum Gasteiger partial charge on any atom is -0.224 e. The predicted molar refractivity (Wildman–Crippen MR) is 39.9 cm³/mol. The molecule has 1 nitrogen and oxygen atoms in total. The first-order chi connectivity index (χ1) is 3.43. The Labute approximate surface area is 57.7 Å². The van der Waals surface area contributed by atoms with E-state index in [1.807, 2.05) is 0 Å². The van der Waals surface area contributed by atoms with Crippen LogP contribution in [0.3, 0.4) is 0 Å². The van der Waals surface area contributed by atoms with Gasteiger partial charge in [-0.25, -0.2) is 3.21 Å². The van der Waals surface area contributed by atoms with Crippen LogP contribution in [0.15, 0.2) is 3.21 Å². The standard InChI is InChI=1S/C5H8IN/c6-7-5-3-1-2-4-5/h1-4H2. The van der Waals surface area contributed by atoms with E-state index in [2.05, 4.69) is 26.1 Å². The summed E-state index contributed by atoms with van der Waals surface area (Å²) in [6, 6.07) is 0. The van der Waals surface area contributed by atoms with Crippen molar-refractivity contribution in [1.82, 2.24) is 0 Å². The van der Waals surface area contributed by atoms with Crippen LogP contribution in [-0.2, 0) is 0 Å². The van der Waals surface area contributed by atoms with Crippen molar-refractivity contribution in [2.75, 3.05) is 0 Å². The number of hydrogen-bond donors (Lipinski definition) is 0. The summed E-state index contributed by atoms with van der Waals surface area (Å²) in [5.41, 5.74) is 1.40. The summed E-state index contributed by atoms with van der Waals surface area (Å²) in [5.74, 6) is 0. The SMILES string of the molecule is IN=C1CCCC1. The van der Waals surface area contributed by atoms with Gasteiger partial charge in [0.15, 0.2) is 0 Å². The molecule has 1 rings (SSSR count). The van der Waals surface area contributed by atoms with Crippen molar-refractivity contribution in [1.29, 1.82) is 0 Å². The minimum absolute atomic E-state index is 1.25. The third-order valence-corrected chi connectivity index (χ3v) is 1.98. The first-order valence-electron chi connectivity index (χ1n) is 2.60. The average molecular weight is 209 g/mol. The van der Waals surface area contributed by atoms with Gasteiger partial charge in [0.25, 0.3) is 0 Å². The van der Waals surface area contributed by atoms with Gasteiger partial charge in [0.2, 0.25) is 0 Å². The van der Waals surface area contributed by atoms with Crippen LogP contribution in [0.2, 0.25) is 0 Å². The monoisotopic (exact) mass is 209 g/mol. The zero-order valence-corrected chi connectivity index (χ0v) is 6.31. The van der Waals surface area contributed by atoms with Gasteiger partial charge in [0.05, 0.1) is 22.9 Å². The molecule has 0 N–H and O–H groups in total. The molecule has 0 amide bonds. The highest BCUT2D eigenvalue weighted by Crippen LogP contribution is 2.15. The summed E-state index contributed by atoms with van der Waals surface area (Å²) in [6.07, 6.45) is 5.23. The molecule has 0 aliphatic heterocycles. The molecule has 40 valence electrons. The fraction of sp³-hybridized carbons (Fsp3) is 0.800. The second kappa shape index (κ2) is 2.64. The third-order valence-electron chi connectivity index (χ3n) is 1.30. The molecule has 0 aromatic carbocycles. The van der Waals surface area contributed by atoms with Crippen molar-refractivity contribution in [3.63, 3.8) is 0 Å². The summed E-state index contributed by atoms with van der Waals surface area (Å²) >= 11 is 2.08. The Morgan fingerprint density at radius 1 is 1.29 bits per heavy atom. The van der Waals surface area contributed by atoms with Gasteiger partial charge in [0, 0.05) is 5.71 Å². The second-order valence-corrected chi connectivity index (χ2v) is 2.34. The van der Waals surface area contributed by atoms with Crippen LogP contribution < -0.4 is 0 Å². The topological polar surface area (TPSA) is 12.4 Å². The van der Waals surface area contributed by atoms with E-state index in [1.54, 1.807) is 0 Å². The first kappa shape index (κ1) is 5.54. The molecule has 0 bridgehead atoms. The number of hydrogen-bond acceptors (Lipinski definition) is 1. The van der Waals surface area contributed by atoms with Crippen LogP contribution in [-0.4, -0.2) is 5.71 Å². The Kier molecular flexibility index (Phi) is 2.09. The summed E-state index contributed by atoms with van der Waals surface area (Å²) in [7, 11) is 0. The zero-order valence-electron chi connectivity index (χ0n) is 4.15. The molecule has 2 heteroatoms. The summed E-state index contributed by atoms with van der Waals surface area (Å²) in [4.78, 5) is 0. The Morgan fingerprint density at radius 2 is 1.86 bits per heavy atom. The predicted octanol–water partition coefficient (Wildman–Crippen LogP) is 2.35. The largest absolute Gasteiger partial charge is 0.224 e. The van der Waals surface area contributed by atoms with Crippen LogP contribution >= 0.6 is 22.9 Å². The van der Waals surface area contributed by atoms with Crippen molar-refractivity contribution < 1.29 is 0 Å². The van der Waals surface area contributed by atoms with Crippen molar-refractivity contribution in [3.05, 3.63) is 0 Å². The van der Waals surface area contributed by atoms with Gasteiger partial charge in [-0.2, -0.15) is 0 Å². The third kappa shape index (κ3) is 1.40. The van der Waals surface area contributed by atoms with Gasteiger partial charge in [-0.3, -0.25) is 0 Å². The summed E-state index contributed by atoms with van der Waals surface area (Å²) < 4.78 is 4.07. The van der Waals surface area contributed by atoms with Gasteiger partial charge < -0.3 is 0 Å². The lowest BCUT2D eigenvalue weighted by Crippen LogP contribution is -1.82. The first-order valence-corrected chi connectivity index (χ1v) is 3.56. The van der Waals surface area contributed by atoms with Crippen LogP contribution in [0.25, 0.3) is 0 Å². The zero-order chi connectivity index (χ0) is 5.11. The van der Waals surface area contributed by atoms with E-state index in [1.165, 1.54) is 31.4 Å². The second-order valence-electron chi connectivity index (χ2n) is 1.86. The van der Waals surface area contributed by atoms with Crippen LogP contribution in [0.4, 0.5) is 0 Å². The fourth-order valence-corrected chi connectivity index (χ4v) is 1.35. The van der Waals surface area contributed by atoms with E-state index in [0.717, 1.165) is 0 Å². The van der Waals surface area contributed by atoms with Crippen molar-refractivity contribution in [2.24, 2.45) is 3.21 Å². The highest BCUT2D eigenvalue weighted by Gasteiger charge is 2.05. The molecular formula is C5H8IN. The minimum atomic E-state index is 1.25. The Hall–Kier alpha value is 0.400. The lowest BCUT2D eigenvalue weighted by atomic mass is 10.3. The van der Waals surface area contributed by atoms with E-state index in [9.17, 15) is 0 Å². The molecule has 1 saturated carbocycles. The highest BCUT2D eigenvalue weighted by atomic mass is 127. The van der Waals surface area contributed by atoms with Crippen molar-refractivity contribution in [3.8, 4) is 0 Å². The van der Waals surface area contributed by atoms with E-state index in [-0.39, 0.29) is 0 Å². The van der Waals surface area contributed by atoms with Gasteiger partial charge in [-0.05, 0) is 25.7 Å². The van der Waals surface area contributed by atoms with Crippen molar-refractivity contribution in [2.45, 2.75) is 25.7 Å². The van der Waals surface area contributed by atoms with Gasteiger partial charge >= 0.3 is 0 Å². The van der Waals surface area contributed by atoms with Crippen LogP contribution in [0.1, 0.15) is 25.7 Å². The van der Waals surface area contributed by atoms with Crippen LogP contribution in [0.5, 0.6) is 0 Å². The normalized spacial score (nSPS) is 20.4. The molecule has 0 radical (unpaired) electrons. The van der Waals surface area contributed by atoms with Gasteiger partial charge in [0.1, 0.15) is 0 Å². The molecular weight excluding hydrogens is 201 g/mol. The molecule has 0 spiro atoms. The maximum absolute atomic E-state index is 4.07. The molecule has 1 aliphatic carbocycles. The molecule has 0 atom stereocenters. The smallest absolute Gasteiger partial charge is 0.0830 e. The molecule has 0 saturated heterocycles. The molecule has 7 heavy (non-hydrogen) atoms. The molecule has 0 heterocycles.